The SMILES string of the molecule is Cc1cc(F)cc(-c2ccc3c(c2)N(S(=O)(=O)c2cccc(C)c2)C[C@H](CCC(=O)O)O3)c1. The summed E-state index contributed by atoms with van der Waals surface area (Å²) in [7, 11) is -3.95. The van der Waals surface area contributed by atoms with E-state index in [1.165, 1.54) is 22.5 Å². The zero-order valence-electron chi connectivity index (χ0n) is 18.3. The smallest absolute Gasteiger partial charge is 0.303 e. The molecule has 0 unspecified atom stereocenters. The van der Waals surface area contributed by atoms with Crippen LogP contribution >= 0.6 is 0 Å². The summed E-state index contributed by atoms with van der Waals surface area (Å²) in [5, 5.41) is 9.06. The van der Waals surface area contributed by atoms with E-state index in [-0.39, 0.29) is 30.1 Å². The summed E-state index contributed by atoms with van der Waals surface area (Å²) in [6.45, 7) is 3.57. The van der Waals surface area contributed by atoms with Crippen LogP contribution in [0, 0.1) is 19.7 Å². The van der Waals surface area contributed by atoms with Gasteiger partial charge in [-0.3, -0.25) is 9.10 Å². The Kier molecular flexibility index (Phi) is 6.12. The van der Waals surface area contributed by atoms with E-state index in [2.05, 4.69) is 0 Å². The number of rotatable bonds is 6. The van der Waals surface area contributed by atoms with Crippen LogP contribution < -0.4 is 9.04 Å². The molecular weight excluding hydrogens is 445 g/mol. The molecule has 6 nitrogen and oxygen atoms in total. The van der Waals surface area contributed by atoms with Gasteiger partial charge in [0, 0.05) is 6.42 Å². The number of aryl methyl sites for hydroxylation is 2. The average molecular weight is 470 g/mol. The molecule has 33 heavy (non-hydrogen) atoms. The molecule has 0 aromatic heterocycles. The molecule has 0 fully saturated rings. The lowest BCUT2D eigenvalue weighted by molar-refractivity contribution is -0.137. The van der Waals surface area contributed by atoms with Crippen molar-refractivity contribution in [1.29, 1.82) is 0 Å². The molecule has 1 heterocycles. The summed E-state index contributed by atoms with van der Waals surface area (Å²) in [5.41, 5.74) is 3.15. The molecule has 3 aromatic rings. The summed E-state index contributed by atoms with van der Waals surface area (Å²) in [6, 6.07) is 16.3. The Hall–Kier alpha value is -3.39. The number of anilines is 1. The van der Waals surface area contributed by atoms with E-state index >= 15 is 0 Å². The van der Waals surface area contributed by atoms with Gasteiger partial charge in [-0.25, -0.2) is 12.8 Å². The van der Waals surface area contributed by atoms with Gasteiger partial charge in [-0.05, 0) is 78.9 Å². The van der Waals surface area contributed by atoms with Gasteiger partial charge >= 0.3 is 5.97 Å². The number of carboxylic acid groups (broad SMARTS) is 1. The number of nitrogens with zero attached hydrogens (tertiary/aromatic N) is 1. The Morgan fingerprint density at radius 1 is 1.06 bits per heavy atom. The van der Waals surface area contributed by atoms with Crippen molar-refractivity contribution in [2.24, 2.45) is 0 Å². The number of halogens is 1. The van der Waals surface area contributed by atoms with E-state index in [1.807, 2.05) is 19.1 Å². The fourth-order valence-electron chi connectivity index (χ4n) is 3.96. The Bertz CT molecular complexity index is 1300. The summed E-state index contributed by atoms with van der Waals surface area (Å²) < 4.78 is 48.5. The number of hydrogen-bond donors (Lipinski definition) is 1. The third-order valence-corrected chi connectivity index (χ3v) is 7.30. The molecule has 0 spiro atoms. The molecule has 0 amide bonds. The van der Waals surface area contributed by atoms with E-state index in [4.69, 9.17) is 9.84 Å². The third-order valence-electron chi connectivity index (χ3n) is 5.52. The number of fused-ring (bicyclic) bond motifs is 1. The van der Waals surface area contributed by atoms with Crippen molar-refractivity contribution in [1.82, 2.24) is 0 Å². The van der Waals surface area contributed by atoms with Crippen molar-refractivity contribution >= 4 is 21.7 Å². The monoisotopic (exact) mass is 469 g/mol. The second kappa shape index (κ2) is 8.86. The predicted molar refractivity (Wildman–Crippen MR) is 124 cm³/mol. The van der Waals surface area contributed by atoms with Crippen LogP contribution in [0.3, 0.4) is 0 Å². The van der Waals surface area contributed by atoms with Crippen molar-refractivity contribution in [3.63, 3.8) is 0 Å². The van der Waals surface area contributed by atoms with Crippen molar-refractivity contribution in [2.75, 3.05) is 10.8 Å². The number of hydrogen-bond acceptors (Lipinski definition) is 4. The maximum absolute atomic E-state index is 14.0. The number of carbonyl (C=O) groups is 1. The molecule has 1 aliphatic rings. The van der Waals surface area contributed by atoms with Crippen molar-refractivity contribution in [3.05, 3.63) is 77.6 Å². The number of aliphatic carboxylic acids is 1. The van der Waals surface area contributed by atoms with Crippen LogP contribution in [0.5, 0.6) is 5.75 Å². The summed E-state index contributed by atoms with van der Waals surface area (Å²) >= 11 is 0. The van der Waals surface area contributed by atoms with Gasteiger partial charge in [0.2, 0.25) is 0 Å². The first-order valence-electron chi connectivity index (χ1n) is 10.5. The minimum absolute atomic E-state index is 0.0256. The van der Waals surface area contributed by atoms with E-state index < -0.39 is 22.1 Å². The van der Waals surface area contributed by atoms with Crippen LogP contribution in [0.1, 0.15) is 24.0 Å². The topological polar surface area (TPSA) is 83.9 Å². The first-order chi connectivity index (χ1) is 15.6. The minimum atomic E-state index is -3.95. The average Bonchev–Trinajstić information content (AvgIpc) is 2.76. The number of ether oxygens (including phenoxy) is 1. The lowest BCUT2D eigenvalue weighted by Gasteiger charge is -2.35. The molecular formula is C25H24FNO5S. The standard InChI is InChI=1S/C25H24FNO5S/c1-16-4-3-5-22(12-16)33(30,31)27-15-21(7-9-25(28)29)32-24-8-6-18(14-23(24)27)19-10-17(2)11-20(26)13-19/h3-6,8,10-14,21H,7,9,15H2,1-2H3,(H,28,29)/t21-/m0/s1. The zero-order chi connectivity index (χ0) is 23.8. The number of sulfonamides is 1. The lowest BCUT2D eigenvalue weighted by atomic mass is 10.0. The highest BCUT2D eigenvalue weighted by Gasteiger charge is 2.35. The van der Waals surface area contributed by atoms with Gasteiger partial charge in [0.15, 0.2) is 0 Å². The molecule has 172 valence electrons. The lowest BCUT2D eigenvalue weighted by Crippen LogP contribution is -2.43. The van der Waals surface area contributed by atoms with Crippen LogP contribution in [0.4, 0.5) is 10.1 Å². The number of benzene rings is 3. The van der Waals surface area contributed by atoms with Crippen molar-refractivity contribution in [2.45, 2.75) is 37.7 Å². The third kappa shape index (κ3) is 4.85. The first kappa shape index (κ1) is 22.8. The predicted octanol–water partition coefficient (Wildman–Crippen LogP) is 4.93. The molecule has 0 aliphatic carbocycles. The highest BCUT2D eigenvalue weighted by molar-refractivity contribution is 7.92. The molecule has 0 saturated carbocycles. The van der Waals surface area contributed by atoms with Crippen LogP contribution in [0.2, 0.25) is 0 Å². The van der Waals surface area contributed by atoms with Gasteiger partial charge in [-0.1, -0.05) is 24.3 Å². The quantitative estimate of drug-likeness (QED) is 0.553. The number of carboxylic acids is 1. The van der Waals surface area contributed by atoms with Gasteiger partial charge < -0.3 is 9.84 Å². The van der Waals surface area contributed by atoms with Crippen LogP contribution in [0.25, 0.3) is 11.1 Å². The Balaban J connectivity index is 1.81. The molecule has 1 atom stereocenters. The molecule has 1 N–H and O–H groups in total. The highest BCUT2D eigenvalue weighted by atomic mass is 32.2. The van der Waals surface area contributed by atoms with E-state index in [1.54, 1.807) is 37.3 Å². The van der Waals surface area contributed by atoms with Gasteiger partial charge in [-0.2, -0.15) is 0 Å². The largest absolute Gasteiger partial charge is 0.486 e. The van der Waals surface area contributed by atoms with Gasteiger partial charge in [0.25, 0.3) is 10.0 Å². The van der Waals surface area contributed by atoms with Crippen LogP contribution in [-0.4, -0.2) is 32.1 Å². The normalized spacial score (nSPS) is 15.6. The molecule has 0 saturated heterocycles. The summed E-state index contributed by atoms with van der Waals surface area (Å²) in [5.74, 6) is -1.02. The van der Waals surface area contributed by atoms with Gasteiger partial charge in [-0.15, -0.1) is 0 Å². The van der Waals surface area contributed by atoms with Crippen LogP contribution in [0.15, 0.2) is 65.6 Å². The fraction of sp³-hybridized carbons (Fsp3) is 0.240. The maximum atomic E-state index is 14.0. The summed E-state index contributed by atoms with van der Waals surface area (Å²) in [6.07, 6.45) is -0.589. The second-order valence-corrected chi connectivity index (χ2v) is 10.1. The molecule has 0 bridgehead atoms. The minimum Gasteiger partial charge on any atom is -0.486 e. The Labute approximate surface area is 192 Å². The van der Waals surface area contributed by atoms with E-state index in [0.29, 0.717) is 22.6 Å². The van der Waals surface area contributed by atoms with Crippen LogP contribution in [-0.2, 0) is 14.8 Å². The molecule has 8 heteroatoms. The fourth-order valence-corrected chi connectivity index (χ4v) is 5.56. The maximum Gasteiger partial charge on any atom is 0.303 e. The van der Waals surface area contributed by atoms with E-state index in [9.17, 15) is 17.6 Å². The Morgan fingerprint density at radius 3 is 2.55 bits per heavy atom. The van der Waals surface area contributed by atoms with Crippen molar-refractivity contribution in [3.8, 4) is 16.9 Å². The second-order valence-electron chi connectivity index (χ2n) is 8.22. The van der Waals surface area contributed by atoms with Gasteiger partial charge in [0.1, 0.15) is 17.7 Å². The molecule has 1 aliphatic heterocycles. The van der Waals surface area contributed by atoms with Gasteiger partial charge in [0.05, 0.1) is 17.1 Å². The summed E-state index contributed by atoms with van der Waals surface area (Å²) in [4.78, 5) is 11.2. The molecule has 4 rings (SSSR count). The van der Waals surface area contributed by atoms with E-state index in [0.717, 1.165) is 11.1 Å². The molecule has 3 aromatic carbocycles. The van der Waals surface area contributed by atoms with Crippen molar-refractivity contribution < 1.29 is 27.4 Å². The highest BCUT2D eigenvalue weighted by Crippen LogP contribution is 2.40. The zero-order valence-corrected chi connectivity index (χ0v) is 19.1. The Morgan fingerprint density at radius 2 is 1.85 bits per heavy atom. The first-order valence-corrected chi connectivity index (χ1v) is 12.0. The molecule has 0 radical (unpaired) electrons.